The summed E-state index contributed by atoms with van der Waals surface area (Å²) in [7, 11) is -3.51. The summed E-state index contributed by atoms with van der Waals surface area (Å²) >= 11 is 0. The van der Waals surface area contributed by atoms with Gasteiger partial charge in [0.1, 0.15) is 21.5 Å². The third-order valence-electron chi connectivity index (χ3n) is 10.4. The summed E-state index contributed by atoms with van der Waals surface area (Å²) in [5.74, 6) is -0.280. The molecule has 0 aliphatic heterocycles. The van der Waals surface area contributed by atoms with Crippen LogP contribution in [-0.4, -0.2) is 40.3 Å². The van der Waals surface area contributed by atoms with Gasteiger partial charge in [0.15, 0.2) is 0 Å². The molecule has 196 valence electrons. The SMILES string of the molecule is C1CCC([S+](C2CCCCC2)C2CCCCC2)CC1.CC1(C)C2CCC1(CS(=O)(=O)[O-])C(=O)C2. The van der Waals surface area contributed by atoms with Gasteiger partial charge in [0, 0.05) is 11.8 Å². The summed E-state index contributed by atoms with van der Waals surface area (Å²) in [6.45, 7) is 3.83. The predicted octanol–water partition coefficient (Wildman–Crippen LogP) is 6.53. The summed E-state index contributed by atoms with van der Waals surface area (Å²) in [4.78, 5) is 11.8. The van der Waals surface area contributed by atoms with Crippen LogP contribution in [0.5, 0.6) is 0 Å². The zero-order valence-electron chi connectivity index (χ0n) is 21.7. The summed E-state index contributed by atoms with van der Waals surface area (Å²) in [5.41, 5.74) is -1.22. The number of Topliss-reactive ketones (excluding diaryl/α,β-unsaturated/α-hetero) is 1. The smallest absolute Gasteiger partial charge is 0.140 e. The topological polar surface area (TPSA) is 74.3 Å². The van der Waals surface area contributed by atoms with Crippen molar-refractivity contribution in [2.75, 3.05) is 5.75 Å². The highest BCUT2D eigenvalue weighted by Crippen LogP contribution is 2.64. The quantitative estimate of drug-likeness (QED) is 0.310. The summed E-state index contributed by atoms with van der Waals surface area (Å²) in [6.07, 6.45) is 25.3. The fourth-order valence-electron chi connectivity index (χ4n) is 8.24. The molecule has 0 aromatic heterocycles. The monoisotopic (exact) mass is 512 g/mol. The highest BCUT2D eigenvalue weighted by atomic mass is 32.2. The Balaban J connectivity index is 0.000000166. The lowest BCUT2D eigenvalue weighted by atomic mass is 9.70. The van der Waals surface area contributed by atoms with Crippen molar-refractivity contribution in [3.63, 3.8) is 0 Å². The third-order valence-corrected chi connectivity index (χ3v) is 14.9. The van der Waals surface area contributed by atoms with Crippen LogP contribution in [0.15, 0.2) is 0 Å². The average molecular weight is 513 g/mol. The van der Waals surface area contributed by atoms with E-state index in [1.807, 2.05) is 13.8 Å². The molecule has 6 heteroatoms. The van der Waals surface area contributed by atoms with Crippen LogP contribution in [0.4, 0.5) is 0 Å². The second-order valence-corrected chi connectivity index (χ2v) is 16.8. The van der Waals surface area contributed by atoms with E-state index in [-0.39, 0.29) is 17.1 Å². The van der Waals surface area contributed by atoms with Gasteiger partial charge in [-0.15, -0.1) is 0 Å². The van der Waals surface area contributed by atoms with Crippen molar-refractivity contribution in [2.24, 2.45) is 16.7 Å². The molecule has 0 radical (unpaired) electrons. The van der Waals surface area contributed by atoms with E-state index < -0.39 is 21.3 Å². The first-order valence-corrected chi connectivity index (χ1v) is 17.3. The molecule has 2 atom stereocenters. The first-order chi connectivity index (χ1) is 16.1. The molecule has 0 N–H and O–H groups in total. The number of carbonyl (C=O) groups excluding carboxylic acids is 1. The van der Waals surface area contributed by atoms with Crippen LogP contribution in [-0.2, 0) is 25.8 Å². The molecule has 5 rings (SSSR count). The minimum atomic E-state index is -4.33. The Labute approximate surface area is 211 Å². The maximum Gasteiger partial charge on any atom is 0.140 e. The third kappa shape index (κ3) is 5.74. The first-order valence-electron chi connectivity index (χ1n) is 14.3. The van der Waals surface area contributed by atoms with Crippen molar-refractivity contribution in [3.8, 4) is 0 Å². The largest absolute Gasteiger partial charge is 0.748 e. The summed E-state index contributed by atoms with van der Waals surface area (Å²) < 4.78 is 32.7. The fourth-order valence-corrected chi connectivity index (χ4v) is 13.8. The average Bonchev–Trinajstić information content (AvgIpc) is 3.15. The van der Waals surface area contributed by atoms with Gasteiger partial charge in [-0.05, 0) is 112 Å². The normalized spacial score (nSPS) is 33.2. The van der Waals surface area contributed by atoms with Gasteiger partial charge in [0.05, 0.1) is 15.9 Å². The van der Waals surface area contributed by atoms with Crippen molar-refractivity contribution in [1.29, 1.82) is 0 Å². The highest BCUT2D eigenvalue weighted by molar-refractivity contribution is 7.98. The Morgan fingerprint density at radius 1 is 0.765 bits per heavy atom. The van der Waals surface area contributed by atoms with Crippen LogP contribution in [0.3, 0.4) is 0 Å². The second-order valence-electron chi connectivity index (χ2n) is 12.6. The molecular weight excluding hydrogens is 464 g/mol. The van der Waals surface area contributed by atoms with Gasteiger partial charge in [0.25, 0.3) is 0 Å². The minimum Gasteiger partial charge on any atom is -0.748 e. The molecule has 2 unspecified atom stereocenters. The van der Waals surface area contributed by atoms with E-state index >= 15 is 0 Å². The lowest BCUT2D eigenvalue weighted by molar-refractivity contribution is -0.128. The van der Waals surface area contributed by atoms with E-state index in [9.17, 15) is 17.8 Å². The minimum absolute atomic E-state index is 0.0248. The van der Waals surface area contributed by atoms with Crippen molar-refractivity contribution < 1.29 is 17.8 Å². The molecule has 5 aliphatic carbocycles. The number of hydrogen-bond donors (Lipinski definition) is 0. The zero-order chi connectivity index (χ0) is 24.4. The standard InChI is InChI=1S/C18H33S.C10H16O4S/c1-4-10-16(11-5-1)19(17-12-6-2-7-13-17)18-14-8-3-9-15-18;1-9(2)7-3-4-10(9,8(11)5-7)6-15(12,13)14/h16-18H,1-15H2;7H,3-6H2,1-2H3,(H,12,13,14)/q+1;/p-1. The lowest BCUT2D eigenvalue weighted by Gasteiger charge is -2.37. The van der Waals surface area contributed by atoms with Gasteiger partial charge in [-0.2, -0.15) is 0 Å². The summed E-state index contributed by atoms with van der Waals surface area (Å²) in [6, 6.07) is 0. The molecule has 0 heterocycles. The lowest BCUT2D eigenvalue weighted by Crippen LogP contribution is -2.43. The maximum atomic E-state index is 11.8. The van der Waals surface area contributed by atoms with Gasteiger partial charge in [-0.1, -0.05) is 33.1 Å². The van der Waals surface area contributed by atoms with Gasteiger partial charge in [-0.25, -0.2) is 8.42 Å². The number of hydrogen-bond acceptors (Lipinski definition) is 4. The van der Waals surface area contributed by atoms with Crippen molar-refractivity contribution in [3.05, 3.63) is 0 Å². The molecule has 2 bridgehead atoms. The molecule has 0 aromatic carbocycles. The van der Waals surface area contributed by atoms with Crippen LogP contribution >= 0.6 is 0 Å². The number of fused-ring (bicyclic) bond motifs is 2. The Morgan fingerprint density at radius 3 is 1.47 bits per heavy atom. The van der Waals surface area contributed by atoms with Crippen LogP contribution in [0.1, 0.15) is 129 Å². The highest BCUT2D eigenvalue weighted by Gasteiger charge is 2.64. The Kier molecular flexibility index (Phi) is 8.83. The summed E-state index contributed by atoms with van der Waals surface area (Å²) in [5, 5.41) is 3.46. The Bertz CT molecular complexity index is 746. The van der Waals surface area contributed by atoms with E-state index in [1.54, 1.807) is 77.0 Å². The van der Waals surface area contributed by atoms with Crippen LogP contribution in [0.25, 0.3) is 0 Å². The molecule has 0 saturated heterocycles. The predicted molar refractivity (Wildman–Crippen MR) is 141 cm³/mol. The van der Waals surface area contributed by atoms with E-state index in [2.05, 4.69) is 0 Å². The second kappa shape index (κ2) is 11.1. The van der Waals surface area contributed by atoms with E-state index in [0.717, 1.165) is 33.1 Å². The molecule has 5 aliphatic rings. The molecular formula is C28H48O4S2. The number of ketones is 1. The van der Waals surface area contributed by atoms with Gasteiger partial charge >= 0.3 is 0 Å². The first kappa shape index (κ1) is 27.0. The maximum absolute atomic E-state index is 11.8. The molecule has 0 aromatic rings. The molecule has 5 saturated carbocycles. The molecule has 0 spiro atoms. The molecule has 5 fully saturated rings. The van der Waals surface area contributed by atoms with E-state index in [1.165, 1.54) is 19.3 Å². The van der Waals surface area contributed by atoms with Crippen LogP contribution < -0.4 is 0 Å². The van der Waals surface area contributed by atoms with Crippen LogP contribution in [0.2, 0.25) is 0 Å². The van der Waals surface area contributed by atoms with Gasteiger partial charge < -0.3 is 4.55 Å². The fraction of sp³-hybridized carbons (Fsp3) is 0.964. The Hall–Kier alpha value is -0.0700. The number of carbonyl (C=O) groups is 1. The van der Waals surface area contributed by atoms with Crippen molar-refractivity contribution >= 4 is 26.8 Å². The molecule has 0 amide bonds. The van der Waals surface area contributed by atoms with Crippen molar-refractivity contribution in [1.82, 2.24) is 0 Å². The molecule has 34 heavy (non-hydrogen) atoms. The van der Waals surface area contributed by atoms with E-state index in [4.69, 9.17) is 0 Å². The zero-order valence-corrected chi connectivity index (χ0v) is 23.3. The molecule has 4 nitrogen and oxygen atoms in total. The van der Waals surface area contributed by atoms with Crippen molar-refractivity contribution in [2.45, 2.75) is 145 Å². The van der Waals surface area contributed by atoms with Gasteiger partial charge in [0.2, 0.25) is 0 Å². The number of rotatable bonds is 5. The van der Waals surface area contributed by atoms with Crippen LogP contribution in [0, 0.1) is 16.7 Å². The Morgan fingerprint density at radius 2 is 1.18 bits per heavy atom. The van der Waals surface area contributed by atoms with Gasteiger partial charge in [-0.3, -0.25) is 4.79 Å². The van der Waals surface area contributed by atoms with E-state index in [0.29, 0.717) is 12.8 Å².